The topological polar surface area (TPSA) is 58.2 Å². The predicted molar refractivity (Wildman–Crippen MR) is 88.0 cm³/mol. The first-order valence-electron chi connectivity index (χ1n) is 7.07. The van der Waals surface area contributed by atoms with Gasteiger partial charge in [0, 0.05) is 17.0 Å². The molecule has 0 saturated heterocycles. The summed E-state index contributed by atoms with van der Waals surface area (Å²) in [6.45, 7) is 2.31. The van der Waals surface area contributed by atoms with E-state index >= 15 is 0 Å². The maximum Gasteiger partial charge on any atom is 0.251 e. The number of hydrogen-bond donors (Lipinski definition) is 2. The Kier molecular flexibility index (Phi) is 4.15. The molecule has 2 aromatic rings. The smallest absolute Gasteiger partial charge is 0.251 e. The molecule has 22 heavy (non-hydrogen) atoms. The molecule has 0 aromatic heterocycles. The molecule has 2 N–H and O–H groups in total. The number of nitrogens with one attached hydrogen (secondary N) is 2. The zero-order chi connectivity index (χ0) is 15.5. The first-order valence-corrected chi connectivity index (χ1v) is 7.95. The second-order valence-corrected chi connectivity index (χ2v) is 6.51. The van der Waals surface area contributed by atoms with Crippen LogP contribution in [0.5, 0.6) is 0 Å². The lowest BCUT2D eigenvalue weighted by Crippen LogP contribution is -2.27. The molecule has 1 aliphatic rings. The van der Waals surface area contributed by atoms with Crippen LogP contribution in [0.3, 0.4) is 0 Å². The normalized spacial score (nSPS) is 16.6. The van der Waals surface area contributed by atoms with Gasteiger partial charge in [-0.3, -0.25) is 9.59 Å². The van der Waals surface area contributed by atoms with Gasteiger partial charge in [0.15, 0.2) is 0 Å². The Morgan fingerprint density at radius 3 is 2.77 bits per heavy atom. The fourth-order valence-electron chi connectivity index (χ4n) is 2.24. The highest BCUT2D eigenvalue weighted by molar-refractivity contribution is 8.00. The Labute approximate surface area is 133 Å². The number of fused-ring (bicyclic) bond motifs is 1. The Bertz CT molecular complexity index is 716. The second kappa shape index (κ2) is 6.23. The van der Waals surface area contributed by atoms with Crippen molar-refractivity contribution in [2.45, 2.75) is 23.6 Å². The maximum atomic E-state index is 12.0. The van der Waals surface area contributed by atoms with Gasteiger partial charge in [-0.05, 0) is 36.8 Å². The summed E-state index contributed by atoms with van der Waals surface area (Å²) < 4.78 is 0. The lowest BCUT2D eigenvalue weighted by Gasteiger charge is -2.22. The summed E-state index contributed by atoms with van der Waals surface area (Å²) in [5.41, 5.74) is 2.41. The van der Waals surface area contributed by atoms with E-state index in [0.29, 0.717) is 12.1 Å². The molecule has 5 heteroatoms. The van der Waals surface area contributed by atoms with Gasteiger partial charge in [0.25, 0.3) is 5.91 Å². The van der Waals surface area contributed by atoms with Crippen LogP contribution in [-0.4, -0.2) is 17.1 Å². The molecule has 4 nitrogen and oxygen atoms in total. The third-order valence-electron chi connectivity index (χ3n) is 3.46. The number of thioether (sulfide) groups is 1. The van der Waals surface area contributed by atoms with Gasteiger partial charge < -0.3 is 10.6 Å². The van der Waals surface area contributed by atoms with E-state index in [2.05, 4.69) is 10.6 Å². The Balaban J connectivity index is 1.68. The van der Waals surface area contributed by atoms with Crippen LogP contribution < -0.4 is 10.6 Å². The zero-order valence-electron chi connectivity index (χ0n) is 12.1. The van der Waals surface area contributed by atoms with E-state index in [1.807, 2.05) is 43.3 Å². The van der Waals surface area contributed by atoms with Crippen molar-refractivity contribution in [2.24, 2.45) is 0 Å². The number of benzene rings is 2. The van der Waals surface area contributed by atoms with Crippen molar-refractivity contribution >= 4 is 29.3 Å². The molecule has 0 spiro atoms. The van der Waals surface area contributed by atoms with Crippen LogP contribution in [0.15, 0.2) is 53.4 Å². The van der Waals surface area contributed by atoms with Crippen molar-refractivity contribution in [2.75, 3.05) is 5.32 Å². The minimum Gasteiger partial charge on any atom is -0.348 e. The molecular weight excluding hydrogens is 296 g/mol. The van der Waals surface area contributed by atoms with Gasteiger partial charge in [0.2, 0.25) is 5.91 Å². The highest BCUT2D eigenvalue weighted by Gasteiger charge is 2.22. The molecule has 0 aliphatic carbocycles. The van der Waals surface area contributed by atoms with Crippen LogP contribution in [0.25, 0.3) is 0 Å². The van der Waals surface area contributed by atoms with E-state index in [-0.39, 0.29) is 17.1 Å². The van der Waals surface area contributed by atoms with Crippen molar-refractivity contribution in [3.8, 4) is 0 Å². The Morgan fingerprint density at radius 1 is 1.23 bits per heavy atom. The van der Waals surface area contributed by atoms with E-state index < -0.39 is 0 Å². The van der Waals surface area contributed by atoms with Crippen molar-refractivity contribution in [1.29, 1.82) is 0 Å². The number of amides is 2. The second-order valence-electron chi connectivity index (χ2n) is 5.13. The first kappa shape index (κ1) is 14.7. The summed E-state index contributed by atoms with van der Waals surface area (Å²) in [7, 11) is 0. The fraction of sp³-hybridized carbons (Fsp3) is 0.176. The van der Waals surface area contributed by atoms with Crippen LogP contribution in [0, 0.1) is 0 Å². The Hall–Kier alpha value is -2.27. The summed E-state index contributed by atoms with van der Waals surface area (Å²) in [6, 6.07) is 15.0. The molecular formula is C17H16N2O2S. The van der Waals surface area contributed by atoms with Crippen LogP contribution in [-0.2, 0) is 11.3 Å². The summed E-state index contributed by atoms with van der Waals surface area (Å²) >= 11 is 1.55. The van der Waals surface area contributed by atoms with Gasteiger partial charge in [-0.15, -0.1) is 11.8 Å². The Morgan fingerprint density at radius 2 is 2.00 bits per heavy atom. The van der Waals surface area contributed by atoms with Crippen LogP contribution in [0.4, 0.5) is 5.69 Å². The monoisotopic (exact) mass is 312 g/mol. The highest BCUT2D eigenvalue weighted by Crippen LogP contribution is 2.35. The van der Waals surface area contributed by atoms with Gasteiger partial charge in [0.1, 0.15) is 0 Å². The van der Waals surface area contributed by atoms with Gasteiger partial charge in [-0.1, -0.05) is 24.3 Å². The van der Waals surface area contributed by atoms with Crippen molar-refractivity contribution < 1.29 is 9.59 Å². The molecule has 3 rings (SSSR count). The van der Waals surface area contributed by atoms with Crippen molar-refractivity contribution in [3.05, 3.63) is 59.7 Å². The van der Waals surface area contributed by atoms with E-state index in [0.717, 1.165) is 16.1 Å². The molecule has 2 aromatic carbocycles. The number of anilines is 1. The molecule has 1 aliphatic heterocycles. The third-order valence-corrected chi connectivity index (χ3v) is 4.64. The molecule has 0 saturated carbocycles. The standard InChI is InChI=1S/C17H16N2O2S/c1-11-16(20)19-14-9-12(7-8-15(14)22-11)10-18-17(21)13-5-3-2-4-6-13/h2-9,11H,10H2,1H3,(H,18,21)(H,19,20). The molecule has 1 atom stereocenters. The summed E-state index contributed by atoms with van der Waals surface area (Å²) in [5.74, 6) is -0.0895. The zero-order valence-corrected chi connectivity index (χ0v) is 12.9. The average Bonchev–Trinajstić information content (AvgIpc) is 2.54. The minimum atomic E-state index is -0.106. The molecule has 0 fully saturated rings. The summed E-state index contributed by atoms with van der Waals surface area (Å²) in [5, 5.41) is 5.71. The van der Waals surface area contributed by atoms with E-state index in [9.17, 15) is 9.59 Å². The van der Waals surface area contributed by atoms with Gasteiger partial charge >= 0.3 is 0 Å². The summed E-state index contributed by atoms with van der Waals surface area (Å²) in [4.78, 5) is 24.8. The number of carbonyl (C=O) groups excluding carboxylic acids is 2. The highest BCUT2D eigenvalue weighted by atomic mass is 32.2. The lowest BCUT2D eigenvalue weighted by molar-refractivity contribution is -0.115. The molecule has 112 valence electrons. The maximum absolute atomic E-state index is 12.0. The van der Waals surface area contributed by atoms with Crippen LogP contribution >= 0.6 is 11.8 Å². The molecule has 2 amide bonds. The SMILES string of the molecule is CC1Sc2ccc(CNC(=O)c3ccccc3)cc2NC1=O. The quantitative estimate of drug-likeness (QED) is 0.916. The first-order chi connectivity index (χ1) is 10.6. The number of rotatable bonds is 3. The average molecular weight is 312 g/mol. The number of carbonyl (C=O) groups is 2. The van der Waals surface area contributed by atoms with Gasteiger partial charge in [-0.25, -0.2) is 0 Å². The molecule has 1 unspecified atom stereocenters. The molecule has 0 radical (unpaired) electrons. The predicted octanol–water partition coefficient (Wildman–Crippen LogP) is 3.05. The molecule has 0 bridgehead atoms. The summed E-state index contributed by atoms with van der Waals surface area (Å²) in [6.07, 6.45) is 0. The number of hydrogen-bond acceptors (Lipinski definition) is 3. The minimum absolute atomic E-state index is 0.0166. The van der Waals surface area contributed by atoms with Crippen molar-refractivity contribution in [3.63, 3.8) is 0 Å². The van der Waals surface area contributed by atoms with Crippen LogP contribution in [0.2, 0.25) is 0 Å². The van der Waals surface area contributed by atoms with Crippen molar-refractivity contribution in [1.82, 2.24) is 5.32 Å². The third kappa shape index (κ3) is 3.14. The van der Waals surface area contributed by atoms with E-state index in [1.165, 1.54) is 0 Å². The lowest BCUT2D eigenvalue weighted by atomic mass is 10.1. The van der Waals surface area contributed by atoms with Crippen LogP contribution in [0.1, 0.15) is 22.8 Å². The largest absolute Gasteiger partial charge is 0.348 e. The van der Waals surface area contributed by atoms with Gasteiger partial charge in [-0.2, -0.15) is 0 Å². The van der Waals surface area contributed by atoms with E-state index in [1.54, 1.807) is 23.9 Å². The van der Waals surface area contributed by atoms with E-state index in [4.69, 9.17) is 0 Å². The fourth-order valence-corrected chi connectivity index (χ4v) is 3.17. The van der Waals surface area contributed by atoms with Gasteiger partial charge in [0.05, 0.1) is 10.9 Å². The molecule has 1 heterocycles.